The van der Waals surface area contributed by atoms with E-state index in [2.05, 4.69) is 5.32 Å². The lowest BCUT2D eigenvalue weighted by molar-refractivity contribution is -0.00361. The van der Waals surface area contributed by atoms with E-state index in [-0.39, 0.29) is 6.04 Å². The number of nitrogens with one attached hydrogen (secondary N) is 1. The van der Waals surface area contributed by atoms with Crippen LogP contribution in [0.15, 0.2) is 0 Å². The number of amides is 1. The molecule has 0 aromatic carbocycles. The molecule has 3 heteroatoms. The van der Waals surface area contributed by atoms with Crippen molar-refractivity contribution in [3.63, 3.8) is 0 Å². The Morgan fingerprint density at radius 1 is 1.64 bits per heavy atom. The topological polar surface area (TPSA) is 49.3 Å². The highest BCUT2D eigenvalue weighted by molar-refractivity contribution is 5.48. The zero-order valence-corrected chi connectivity index (χ0v) is 6.76. The van der Waals surface area contributed by atoms with Crippen molar-refractivity contribution in [1.82, 2.24) is 5.32 Å². The highest BCUT2D eigenvalue weighted by Crippen LogP contribution is 2.27. The first-order valence-electron chi connectivity index (χ1n) is 4.02. The van der Waals surface area contributed by atoms with E-state index in [1.54, 1.807) is 13.3 Å². The number of aliphatic hydroxyl groups is 1. The van der Waals surface area contributed by atoms with Gasteiger partial charge in [0.05, 0.1) is 11.6 Å². The summed E-state index contributed by atoms with van der Waals surface area (Å²) in [5, 5.41) is 12.2. The smallest absolute Gasteiger partial charge is 0.309 e. The maximum Gasteiger partial charge on any atom is 0.309 e. The Morgan fingerprint density at radius 2 is 2.36 bits per heavy atom. The van der Waals surface area contributed by atoms with Gasteiger partial charge in [0.15, 0.2) is 0 Å². The van der Waals surface area contributed by atoms with Gasteiger partial charge in [0.2, 0.25) is 0 Å². The second kappa shape index (κ2) is 3.22. The van der Waals surface area contributed by atoms with Gasteiger partial charge in [-0.05, 0) is 19.8 Å². The molecule has 63 valence electrons. The van der Waals surface area contributed by atoms with E-state index < -0.39 is 5.60 Å². The van der Waals surface area contributed by atoms with Crippen molar-refractivity contribution in [2.24, 2.45) is 0 Å². The Kier molecular flexibility index (Phi) is 2.49. The fourth-order valence-corrected chi connectivity index (χ4v) is 1.62. The average molecular weight is 156 g/mol. The van der Waals surface area contributed by atoms with Crippen molar-refractivity contribution < 1.29 is 9.90 Å². The highest BCUT2D eigenvalue weighted by atomic mass is 16.3. The summed E-state index contributed by atoms with van der Waals surface area (Å²) in [6, 6.07) is -0.103. The van der Waals surface area contributed by atoms with Crippen LogP contribution in [-0.4, -0.2) is 23.2 Å². The standard InChI is InChI=1S/C8H14NO2/c1-8(11)5-3-2-4-7(8)9-6-10/h7,11H,2-5H2,1H3,(H,9,10). The second-order valence-electron chi connectivity index (χ2n) is 3.40. The van der Waals surface area contributed by atoms with Crippen molar-refractivity contribution in [1.29, 1.82) is 0 Å². The van der Waals surface area contributed by atoms with Gasteiger partial charge in [0, 0.05) is 0 Å². The van der Waals surface area contributed by atoms with E-state index in [1.165, 1.54) is 0 Å². The molecule has 0 saturated heterocycles. The zero-order chi connectivity index (χ0) is 8.32. The Labute approximate surface area is 66.8 Å². The van der Waals surface area contributed by atoms with Gasteiger partial charge in [-0.3, -0.25) is 4.79 Å². The lowest BCUT2D eigenvalue weighted by Crippen LogP contribution is -2.50. The van der Waals surface area contributed by atoms with Crippen LogP contribution in [-0.2, 0) is 4.79 Å². The molecule has 0 aromatic rings. The minimum atomic E-state index is -0.727. The molecular formula is C8H14NO2. The van der Waals surface area contributed by atoms with Gasteiger partial charge in [-0.25, -0.2) is 0 Å². The minimum Gasteiger partial charge on any atom is -0.388 e. The number of hydrogen-bond donors (Lipinski definition) is 2. The van der Waals surface area contributed by atoms with Crippen LogP contribution >= 0.6 is 0 Å². The van der Waals surface area contributed by atoms with Gasteiger partial charge in [-0.1, -0.05) is 12.8 Å². The summed E-state index contributed by atoms with van der Waals surface area (Å²) in [4.78, 5) is 10.0. The molecule has 0 heterocycles. The summed E-state index contributed by atoms with van der Waals surface area (Å²) in [6.07, 6.45) is 5.39. The predicted molar refractivity (Wildman–Crippen MR) is 41.7 cm³/mol. The van der Waals surface area contributed by atoms with Crippen LogP contribution in [0.25, 0.3) is 0 Å². The third kappa shape index (κ3) is 1.93. The van der Waals surface area contributed by atoms with Crippen molar-refractivity contribution in [2.75, 3.05) is 0 Å². The van der Waals surface area contributed by atoms with Crippen LogP contribution < -0.4 is 5.32 Å². The van der Waals surface area contributed by atoms with E-state index in [0.29, 0.717) is 0 Å². The molecule has 0 aliphatic heterocycles. The number of hydrogen-bond acceptors (Lipinski definition) is 2. The van der Waals surface area contributed by atoms with Crippen molar-refractivity contribution in [3.8, 4) is 0 Å². The van der Waals surface area contributed by atoms with Gasteiger partial charge < -0.3 is 10.4 Å². The van der Waals surface area contributed by atoms with E-state index in [9.17, 15) is 9.90 Å². The summed E-state index contributed by atoms with van der Waals surface area (Å²) < 4.78 is 0. The first kappa shape index (κ1) is 8.53. The molecule has 2 N–H and O–H groups in total. The molecular weight excluding hydrogens is 142 g/mol. The summed E-state index contributed by atoms with van der Waals surface area (Å²) in [6.45, 7) is 1.77. The van der Waals surface area contributed by atoms with Crippen LogP contribution in [0.2, 0.25) is 0 Å². The molecule has 2 unspecified atom stereocenters. The van der Waals surface area contributed by atoms with E-state index in [1.807, 2.05) is 0 Å². The molecule has 1 radical (unpaired) electrons. The molecule has 1 rings (SSSR count). The molecule has 1 aliphatic carbocycles. The quantitative estimate of drug-likeness (QED) is 0.566. The van der Waals surface area contributed by atoms with Gasteiger partial charge in [-0.15, -0.1) is 0 Å². The predicted octanol–water partition coefficient (Wildman–Crippen LogP) is 0.337. The van der Waals surface area contributed by atoms with E-state index >= 15 is 0 Å². The summed E-state index contributed by atoms with van der Waals surface area (Å²) >= 11 is 0. The molecule has 1 aliphatic rings. The minimum absolute atomic E-state index is 0.103. The van der Waals surface area contributed by atoms with Crippen LogP contribution in [0.1, 0.15) is 32.6 Å². The van der Waals surface area contributed by atoms with E-state index in [4.69, 9.17) is 0 Å². The van der Waals surface area contributed by atoms with E-state index in [0.717, 1.165) is 25.7 Å². The molecule has 0 spiro atoms. The van der Waals surface area contributed by atoms with Gasteiger partial charge in [0.25, 0.3) is 0 Å². The molecule has 0 aromatic heterocycles. The first-order valence-corrected chi connectivity index (χ1v) is 4.02. The SMILES string of the molecule is CC1(O)CCCCC1N[C]=O. The van der Waals surface area contributed by atoms with Crippen molar-refractivity contribution >= 4 is 6.41 Å². The van der Waals surface area contributed by atoms with Crippen LogP contribution in [0.5, 0.6) is 0 Å². The summed E-state index contributed by atoms with van der Waals surface area (Å²) in [5.41, 5.74) is -0.727. The maximum atomic E-state index is 10.0. The normalized spacial score (nSPS) is 38.2. The Balaban J connectivity index is 2.52. The lowest BCUT2D eigenvalue weighted by atomic mass is 9.82. The fourth-order valence-electron chi connectivity index (χ4n) is 1.62. The average Bonchev–Trinajstić information content (AvgIpc) is 1.94. The van der Waals surface area contributed by atoms with Gasteiger partial charge in [0.1, 0.15) is 0 Å². The van der Waals surface area contributed by atoms with Crippen LogP contribution in [0, 0.1) is 0 Å². The first-order chi connectivity index (χ1) is 5.17. The highest BCUT2D eigenvalue weighted by Gasteiger charge is 2.33. The van der Waals surface area contributed by atoms with Crippen LogP contribution in [0.4, 0.5) is 0 Å². The summed E-state index contributed by atoms with van der Waals surface area (Å²) in [5.74, 6) is 0. The number of rotatable bonds is 2. The van der Waals surface area contributed by atoms with Gasteiger partial charge in [-0.2, -0.15) is 0 Å². The maximum absolute atomic E-state index is 10.0. The fraction of sp³-hybridized carbons (Fsp3) is 0.875. The summed E-state index contributed by atoms with van der Waals surface area (Å²) in [7, 11) is 0. The van der Waals surface area contributed by atoms with Crippen molar-refractivity contribution in [2.45, 2.75) is 44.2 Å². The van der Waals surface area contributed by atoms with Crippen molar-refractivity contribution in [3.05, 3.63) is 0 Å². The second-order valence-corrected chi connectivity index (χ2v) is 3.40. The monoisotopic (exact) mass is 156 g/mol. The molecule has 2 atom stereocenters. The zero-order valence-electron chi connectivity index (χ0n) is 6.76. The molecule has 1 fully saturated rings. The molecule has 3 nitrogen and oxygen atoms in total. The largest absolute Gasteiger partial charge is 0.388 e. The molecule has 0 bridgehead atoms. The van der Waals surface area contributed by atoms with Crippen LogP contribution in [0.3, 0.4) is 0 Å². The third-order valence-electron chi connectivity index (χ3n) is 2.41. The Hall–Kier alpha value is -0.570. The molecule has 1 amide bonds. The van der Waals surface area contributed by atoms with Gasteiger partial charge >= 0.3 is 6.41 Å². The molecule has 11 heavy (non-hydrogen) atoms. The Morgan fingerprint density at radius 3 is 2.91 bits per heavy atom. The third-order valence-corrected chi connectivity index (χ3v) is 2.41. The lowest BCUT2D eigenvalue weighted by Gasteiger charge is -2.36. The Bertz CT molecular complexity index is 145. The molecule has 1 saturated carbocycles. The number of carbonyl (C=O) groups excluding carboxylic acids is 1.